The maximum atomic E-state index is 5.54. The summed E-state index contributed by atoms with van der Waals surface area (Å²) in [5.74, 6) is 1.30. The summed E-state index contributed by atoms with van der Waals surface area (Å²) in [6, 6.07) is 9.52. The fraction of sp³-hybridized carbons (Fsp3) is 0.167. The first-order chi connectivity index (χ1) is 7.25. The fourth-order valence-corrected chi connectivity index (χ4v) is 1.24. The van der Waals surface area contributed by atoms with Crippen molar-refractivity contribution in [1.29, 1.82) is 0 Å². The molecule has 0 aliphatic rings. The van der Waals surface area contributed by atoms with E-state index in [4.69, 9.17) is 4.74 Å². The Hall–Kier alpha value is -1.90. The highest BCUT2D eigenvalue weighted by molar-refractivity contribution is 5.35. The highest BCUT2D eigenvalue weighted by Gasteiger charge is 1.99. The van der Waals surface area contributed by atoms with E-state index in [0.29, 0.717) is 5.88 Å². The molecule has 0 fully saturated rings. The van der Waals surface area contributed by atoms with Gasteiger partial charge in [-0.2, -0.15) is 5.10 Å². The van der Waals surface area contributed by atoms with Crippen molar-refractivity contribution in [3.63, 3.8) is 0 Å². The smallest absolute Gasteiger partial charge is 0.238 e. The normalized spacial score (nSPS) is 10.0. The quantitative estimate of drug-likeness (QED) is 0.747. The minimum atomic E-state index is 0.515. The van der Waals surface area contributed by atoms with E-state index in [2.05, 4.69) is 24.0 Å². The molecule has 0 spiro atoms. The summed E-state index contributed by atoms with van der Waals surface area (Å²) in [6.45, 7) is 4.13. The predicted octanol–water partition coefficient (Wildman–Crippen LogP) is 2.89. The van der Waals surface area contributed by atoms with Crippen molar-refractivity contribution in [2.24, 2.45) is 0 Å². The van der Waals surface area contributed by atoms with Gasteiger partial charge >= 0.3 is 0 Å². The van der Waals surface area contributed by atoms with Crippen molar-refractivity contribution in [2.45, 2.75) is 13.8 Å². The fourth-order valence-electron chi connectivity index (χ4n) is 1.24. The second-order valence-corrected chi connectivity index (χ2v) is 3.41. The number of hydrogen-bond acceptors (Lipinski definition) is 3. The topological polar surface area (TPSA) is 35.0 Å². The Balaban J connectivity index is 2.22. The lowest BCUT2D eigenvalue weighted by molar-refractivity contribution is 0.455. The van der Waals surface area contributed by atoms with E-state index >= 15 is 0 Å². The standard InChI is InChI=1S/C12H12N2O/c1-9-5-6-11(8-10(9)2)15-12-4-3-7-13-14-12/h3-8H,1-2H3. The maximum absolute atomic E-state index is 5.54. The molecule has 3 nitrogen and oxygen atoms in total. The zero-order valence-electron chi connectivity index (χ0n) is 8.77. The Kier molecular flexibility index (Phi) is 2.63. The van der Waals surface area contributed by atoms with Crippen LogP contribution in [-0.2, 0) is 0 Å². The molecule has 1 aromatic heterocycles. The van der Waals surface area contributed by atoms with Gasteiger partial charge in [0.05, 0.1) is 0 Å². The van der Waals surface area contributed by atoms with Crippen molar-refractivity contribution in [3.05, 3.63) is 47.7 Å². The lowest BCUT2D eigenvalue weighted by atomic mass is 10.1. The molecule has 0 atom stereocenters. The van der Waals surface area contributed by atoms with Gasteiger partial charge in [0.25, 0.3) is 0 Å². The Bertz CT molecular complexity index is 454. The zero-order valence-corrected chi connectivity index (χ0v) is 8.77. The summed E-state index contributed by atoms with van der Waals surface area (Å²) in [5.41, 5.74) is 2.46. The predicted molar refractivity (Wildman–Crippen MR) is 58.0 cm³/mol. The van der Waals surface area contributed by atoms with Crippen LogP contribution in [0.5, 0.6) is 11.6 Å². The Morgan fingerprint density at radius 1 is 1.07 bits per heavy atom. The largest absolute Gasteiger partial charge is 0.438 e. The van der Waals surface area contributed by atoms with Gasteiger partial charge in [0, 0.05) is 12.3 Å². The minimum absolute atomic E-state index is 0.515. The molecule has 2 aromatic rings. The van der Waals surface area contributed by atoms with Gasteiger partial charge in [-0.15, -0.1) is 5.10 Å². The van der Waals surface area contributed by atoms with Crippen molar-refractivity contribution >= 4 is 0 Å². The Morgan fingerprint density at radius 3 is 2.60 bits per heavy atom. The van der Waals surface area contributed by atoms with Gasteiger partial charge in [0.2, 0.25) is 5.88 Å². The number of rotatable bonds is 2. The van der Waals surface area contributed by atoms with Crippen LogP contribution in [0.2, 0.25) is 0 Å². The number of hydrogen-bond donors (Lipinski definition) is 0. The van der Waals surface area contributed by atoms with Gasteiger partial charge in [-0.3, -0.25) is 0 Å². The van der Waals surface area contributed by atoms with E-state index in [1.165, 1.54) is 11.1 Å². The third kappa shape index (κ3) is 2.31. The lowest BCUT2D eigenvalue weighted by Gasteiger charge is -2.05. The SMILES string of the molecule is Cc1ccc(Oc2cccnn2)cc1C. The maximum Gasteiger partial charge on any atom is 0.238 e. The molecule has 15 heavy (non-hydrogen) atoms. The first-order valence-electron chi connectivity index (χ1n) is 4.78. The molecule has 0 amide bonds. The molecule has 0 saturated heterocycles. The van der Waals surface area contributed by atoms with Crippen LogP contribution in [0.4, 0.5) is 0 Å². The van der Waals surface area contributed by atoms with Gasteiger partial charge in [-0.25, -0.2) is 0 Å². The van der Waals surface area contributed by atoms with Gasteiger partial charge in [-0.1, -0.05) is 6.07 Å². The third-order valence-electron chi connectivity index (χ3n) is 2.25. The van der Waals surface area contributed by atoms with E-state index in [1.807, 2.05) is 18.2 Å². The highest BCUT2D eigenvalue weighted by Crippen LogP contribution is 2.21. The Morgan fingerprint density at radius 2 is 1.93 bits per heavy atom. The van der Waals surface area contributed by atoms with Crippen LogP contribution in [0.1, 0.15) is 11.1 Å². The van der Waals surface area contributed by atoms with Crippen molar-refractivity contribution in [3.8, 4) is 11.6 Å². The molecular formula is C12H12N2O. The molecule has 0 unspecified atom stereocenters. The molecule has 0 N–H and O–H groups in total. The average molecular weight is 200 g/mol. The van der Waals surface area contributed by atoms with Crippen molar-refractivity contribution < 1.29 is 4.74 Å². The first-order valence-corrected chi connectivity index (χ1v) is 4.78. The van der Waals surface area contributed by atoms with E-state index < -0.39 is 0 Å². The molecule has 0 aliphatic carbocycles. The Labute approximate surface area is 88.7 Å². The zero-order chi connectivity index (χ0) is 10.7. The summed E-state index contributed by atoms with van der Waals surface area (Å²) in [4.78, 5) is 0. The van der Waals surface area contributed by atoms with Crippen LogP contribution in [0.25, 0.3) is 0 Å². The molecule has 76 valence electrons. The van der Waals surface area contributed by atoms with Crippen LogP contribution in [-0.4, -0.2) is 10.2 Å². The summed E-state index contributed by atoms with van der Waals surface area (Å²) >= 11 is 0. The second kappa shape index (κ2) is 4.09. The average Bonchev–Trinajstić information content (AvgIpc) is 2.25. The van der Waals surface area contributed by atoms with Crippen molar-refractivity contribution in [2.75, 3.05) is 0 Å². The number of aryl methyl sites for hydroxylation is 2. The number of nitrogens with zero attached hydrogens (tertiary/aromatic N) is 2. The molecule has 1 aromatic carbocycles. The number of benzene rings is 1. The van der Waals surface area contributed by atoms with E-state index in [9.17, 15) is 0 Å². The van der Waals surface area contributed by atoms with Crippen LogP contribution in [0, 0.1) is 13.8 Å². The molecule has 3 heteroatoms. The molecule has 0 radical (unpaired) electrons. The molecule has 0 aliphatic heterocycles. The van der Waals surface area contributed by atoms with Gasteiger partial charge in [0.15, 0.2) is 0 Å². The van der Waals surface area contributed by atoms with Gasteiger partial charge < -0.3 is 4.74 Å². The van der Waals surface area contributed by atoms with Crippen LogP contribution in [0.15, 0.2) is 36.5 Å². The van der Waals surface area contributed by atoms with Crippen molar-refractivity contribution in [1.82, 2.24) is 10.2 Å². The first kappa shape index (κ1) is 9.65. The number of ether oxygens (including phenoxy) is 1. The van der Waals surface area contributed by atoms with Crippen LogP contribution >= 0.6 is 0 Å². The second-order valence-electron chi connectivity index (χ2n) is 3.41. The third-order valence-corrected chi connectivity index (χ3v) is 2.25. The van der Waals surface area contributed by atoms with Gasteiger partial charge in [0.1, 0.15) is 5.75 Å². The highest BCUT2D eigenvalue weighted by atomic mass is 16.5. The molecule has 1 heterocycles. The van der Waals surface area contributed by atoms with E-state index in [-0.39, 0.29) is 0 Å². The van der Waals surface area contributed by atoms with Crippen LogP contribution < -0.4 is 4.74 Å². The van der Waals surface area contributed by atoms with Gasteiger partial charge in [-0.05, 0) is 43.2 Å². The monoisotopic (exact) mass is 200 g/mol. The van der Waals surface area contributed by atoms with Crippen LogP contribution in [0.3, 0.4) is 0 Å². The van der Waals surface area contributed by atoms with E-state index in [1.54, 1.807) is 18.3 Å². The molecule has 0 saturated carbocycles. The lowest BCUT2D eigenvalue weighted by Crippen LogP contribution is -1.90. The minimum Gasteiger partial charge on any atom is -0.438 e. The summed E-state index contributed by atoms with van der Waals surface area (Å²) in [6.07, 6.45) is 1.62. The summed E-state index contributed by atoms with van der Waals surface area (Å²) in [7, 11) is 0. The number of aromatic nitrogens is 2. The summed E-state index contributed by atoms with van der Waals surface area (Å²) < 4.78 is 5.54. The molecule has 2 rings (SSSR count). The molecule has 0 bridgehead atoms. The summed E-state index contributed by atoms with van der Waals surface area (Å²) in [5, 5.41) is 7.60. The molecular weight excluding hydrogens is 188 g/mol. The van der Waals surface area contributed by atoms with E-state index in [0.717, 1.165) is 5.75 Å².